The van der Waals surface area contributed by atoms with E-state index in [0.717, 1.165) is 28.4 Å². The van der Waals surface area contributed by atoms with Crippen molar-refractivity contribution in [1.82, 2.24) is 9.13 Å². The summed E-state index contributed by atoms with van der Waals surface area (Å²) in [6.07, 6.45) is 0. The van der Waals surface area contributed by atoms with Crippen LogP contribution < -0.4 is 4.90 Å². The zero-order valence-electron chi connectivity index (χ0n) is 33.4. The van der Waals surface area contributed by atoms with Gasteiger partial charge >= 0.3 is 0 Å². The van der Waals surface area contributed by atoms with Crippen molar-refractivity contribution in [2.45, 2.75) is 0 Å². The first kappa shape index (κ1) is 34.9. The lowest BCUT2D eigenvalue weighted by molar-refractivity contribution is 1.18. The second-order valence-corrected chi connectivity index (χ2v) is 15.8. The second kappa shape index (κ2) is 14.3. The van der Waals surface area contributed by atoms with E-state index in [1.165, 1.54) is 76.6 Å². The molecule has 12 aromatic rings. The Kier molecular flexibility index (Phi) is 8.17. The van der Waals surface area contributed by atoms with Gasteiger partial charge in [-0.25, -0.2) is 0 Å². The number of rotatable bonds is 7. The van der Waals surface area contributed by atoms with Gasteiger partial charge in [0.25, 0.3) is 0 Å². The lowest BCUT2D eigenvalue weighted by atomic mass is 10.0. The zero-order valence-corrected chi connectivity index (χ0v) is 33.4. The van der Waals surface area contributed by atoms with Crippen LogP contribution in [0.2, 0.25) is 0 Å². The SMILES string of the molecule is c1ccc(-c2cccc(N(c3ccc(-c4ccc5c6ccc7ccccc7c6n(-c6ccccc6)c5c4)cc3)c3ccc4c(c3)c3ccccc3n4-c3ccccc3)c2)cc1. The summed E-state index contributed by atoms with van der Waals surface area (Å²) in [7, 11) is 0. The Bertz CT molecular complexity index is 3560. The molecule has 10 aromatic carbocycles. The molecule has 3 heteroatoms. The van der Waals surface area contributed by atoms with Gasteiger partial charge in [0.15, 0.2) is 0 Å². The molecule has 12 rings (SSSR count). The van der Waals surface area contributed by atoms with Gasteiger partial charge in [0, 0.05) is 55.4 Å². The average molecular weight is 778 g/mol. The summed E-state index contributed by atoms with van der Waals surface area (Å²) in [5.41, 5.74) is 15.1. The highest BCUT2D eigenvalue weighted by Gasteiger charge is 2.19. The van der Waals surface area contributed by atoms with E-state index in [-0.39, 0.29) is 0 Å². The van der Waals surface area contributed by atoms with Crippen LogP contribution in [0.4, 0.5) is 17.1 Å². The molecule has 0 aliphatic rings. The van der Waals surface area contributed by atoms with Crippen LogP contribution in [0, 0.1) is 0 Å². The predicted octanol–water partition coefficient (Wildman–Crippen LogP) is 15.8. The highest BCUT2D eigenvalue weighted by Crippen LogP contribution is 2.42. The maximum Gasteiger partial charge on any atom is 0.0619 e. The molecule has 0 saturated carbocycles. The minimum absolute atomic E-state index is 1.09. The van der Waals surface area contributed by atoms with Crippen LogP contribution in [0.5, 0.6) is 0 Å². The van der Waals surface area contributed by atoms with Gasteiger partial charge in [-0.2, -0.15) is 0 Å². The first-order valence-corrected chi connectivity index (χ1v) is 20.9. The molecular formula is C58H39N3. The summed E-state index contributed by atoms with van der Waals surface area (Å²) in [5, 5.41) is 7.45. The zero-order chi connectivity index (χ0) is 40.3. The standard InChI is InChI=1S/C58H39N3/c1-4-15-40(16-5-1)43-18-14-23-48(37-43)59(49-33-36-56-54(39-49)51-25-12-13-26-55(51)60(56)45-19-6-2-7-20-45)47-31-27-41(28-32-47)44-30-34-52-53-35-29-42-17-10-11-24-50(42)58(53)61(57(52)38-44)46-21-8-3-9-22-46/h1-39H. The largest absolute Gasteiger partial charge is 0.310 e. The average Bonchev–Trinajstić information content (AvgIpc) is 3.85. The number of benzene rings is 10. The van der Waals surface area contributed by atoms with Gasteiger partial charge in [0.2, 0.25) is 0 Å². The fourth-order valence-electron chi connectivity index (χ4n) is 9.46. The molecule has 0 aliphatic heterocycles. The van der Waals surface area contributed by atoms with E-state index in [1.807, 2.05) is 0 Å². The molecule has 3 nitrogen and oxygen atoms in total. The smallest absolute Gasteiger partial charge is 0.0619 e. The fourth-order valence-corrected chi connectivity index (χ4v) is 9.46. The Labute approximate surface area is 354 Å². The van der Waals surface area contributed by atoms with E-state index in [1.54, 1.807) is 0 Å². The summed E-state index contributed by atoms with van der Waals surface area (Å²) in [5.74, 6) is 0. The van der Waals surface area contributed by atoms with Crippen molar-refractivity contribution in [1.29, 1.82) is 0 Å². The van der Waals surface area contributed by atoms with Gasteiger partial charge in [-0.05, 0) is 107 Å². The number of fused-ring (bicyclic) bond motifs is 8. The maximum atomic E-state index is 2.44. The monoisotopic (exact) mass is 777 g/mol. The van der Waals surface area contributed by atoms with E-state index in [2.05, 4.69) is 251 Å². The Hall–Kier alpha value is -8.14. The van der Waals surface area contributed by atoms with Crippen LogP contribution in [0.3, 0.4) is 0 Å². The third kappa shape index (κ3) is 5.82. The Morgan fingerprint density at radius 2 is 0.803 bits per heavy atom. The van der Waals surface area contributed by atoms with Gasteiger partial charge in [-0.15, -0.1) is 0 Å². The van der Waals surface area contributed by atoms with E-state index in [0.29, 0.717) is 0 Å². The number of hydrogen-bond acceptors (Lipinski definition) is 1. The number of aromatic nitrogens is 2. The molecule has 2 aromatic heterocycles. The van der Waals surface area contributed by atoms with Crippen molar-refractivity contribution < 1.29 is 0 Å². The number of anilines is 3. The molecule has 2 heterocycles. The van der Waals surface area contributed by atoms with Crippen LogP contribution in [0.25, 0.3) is 88.0 Å². The third-order valence-corrected chi connectivity index (χ3v) is 12.3. The first-order chi connectivity index (χ1) is 30.3. The van der Waals surface area contributed by atoms with E-state index in [4.69, 9.17) is 0 Å². The van der Waals surface area contributed by atoms with Crippen molar-refractivity contribution in [2.24, 2.45) is 0 Å². The molecule has 0 saturated heterocycles. The fraction of sp³-hybridized carbons (Fsp3) is 0. The highest BCUT2D eigenvalue weighted by molar-refractivity contribution is 6.19. The second-order valence-electron chi connectivity index (χ2n) is 15.8. The Morgan fingerprint density at radius 3 is 1.59 bits per heavy atom. The number of para-hydroxylation sites is 3. The Morgan fingerprint density at radius 1 is 0.262 bits per heavy atom. The molecule has 0 aliphatic carbocycles. The van der Waals surface area contributed by atoms with E-state index >= 15 is 0 Å². The molecule has 0 atom stereocenters. The van der Waals surface area contributed by atoms with Crippen molar-refractivity contribution in [2.75, 3.05) is 4.90 Å². The minimum atomic E-state index is 1.09. The highest BCUT2D eigenvalue weighted by atomic mass is 15.1. The lowest BCUT2D eigenvalue weighted by Gasteiger charge is -2.26. The predicted molar refractivity (Wildman–Crippen MR) is 258 cm³/mol. The lowest BCUT2D eigenvalue weighted by Crippen LogP contribution is -2.10. The van der Waals surface area contributed by atoms with E-state index in [9.17, 15) is 0 Å². The number of hydrogen-bond donors (Lipinski definition) is 0. The van der Waals surface area contributed by atoms with Crippen LogP contribution in [-0.2, 0) is 0 Å². The van der Waals surface area contributed by atoms with Crippen LogP contribution in [-0.4, -0.2) is 9.13 Å². The van der Waals surface area contributed by atoms with Crippen molar-refractivity contribution >= 4 is 71.4 Å². The van der Waals surface area contributed by atoms with Gasteiger partial charge in [-0.1, -0.05) is 158 Å². The summed E-state index contributed by atoms with van der Waals surface area (Å²) < 4.78 is 4.82. The van der Waals surface area contributed by atoms with Crippen LogP contribution in [0.1, 0.15) is 0 Å². The Balaban J connectivity index is 1.01. The van der Waals surface area contributed by atoms with Crippen molar-refractivity contribution in [3.05, 3.63) is 237 Å². The quantitative estimate of drug-likeness (QED) is 0.157. The van der Waals surface area contributed by atoms with Gasteiger partial charge in [0.1, 0.15) is 0 Å². The summed E-state index contributed by atoms with van der Waals surface area (Å²) in [6.45, 7) is 0. The summed E-state index contributed by atoms with van der Waals surface area (Å²) in [6, 6.07) is 85.9. The molecule has 0 fully saturated rings. The number of nitrogens with zero attached hydrogens (tertiary/aromatic N) is 3. The molecule has 0 N–H and O–H groups in total. The van der Waals surface area contributed by atoms with Gasteiger partial charge < -0.3 is 14.0 Å². The van der Waals surface area contributed by atoms with Crippen LogP contribution in [0.15, 0.2) is 237 Å². The first-order valence-electron chi connectivity index (χ1n) is 20.9. The van der Waals surface area contributed by atoms with Crippen molar-refractivity contribution in [3.8, 4) is 33.6 Å². The molecule has 61 heavy (non-hydrogen) atoms. The summed E-state index contributed by atoms with van der Waals surface area (Å²) in [4.78, 5) is 2.39. The molecule has 0 unspecified atom stereocenters. The third-order valence-electron chi connectivity index (χ3n) is 12.3. The topological polar surface area (TPSA) is 13.1 Å². The van der Waals surface area contributed by atoms with Crippen molar-refractivity contribution in [3.63, 3.8) is 0 Å². The molecule has 0 amide bonds. The molecule has 0 spiro atoms. The van der Waals surface area contributed by atoms with Gasteiger partial charge in [0.05, 0.1) is 22.1 Å². The van der Waals surface area contributed by atoms with Gasteiger partial charge in [-0.3, -0.25) is 0 Å². The molecule has 0 radical (unpaired) electrons. The van der Waals surface area contributed by atoms with Crippen LogP contribution >= 0.6 is 0 Å². The minimum Gasteiger partial charge on any atom is -0.310 e. The molecular weight excluding hydrogens is 739 g/mol. The van der Waals surface area contributed by atoms with E-state index < -0.39 is 0 Å². The summed E-state index contributed by atoms with van der Waals surface area (Å²) >= 11 is 0. The molecule has 0 bridgehead atoms. The normalized spacial score (nSPS) is 11.6. The molecule has 286 valence electrons. The maximum absolute atomic E-state index is 2.44.